The van der Waals surface area contributed by atoms with Crippen molar-refractivity contribution in [3.05, 3.63) is 28.3 Å². The molecule has 134 valence electrons. The number of hydrogen-bond acceptors (Lipinski definition) is 4. The zero-order valence-electron chi connectivity index (χ0n) is 15.2. The van der Waals surface area contributed by atoms with Crippen molar-refractivity contribution in [2.24, 2.45) is 0 Å². The van der Waals surface area contributed by atoms with E-state index in [0.717, 1.165) is 37.1 Å². The molecule has 0 amide bonds. The number of aliphatic hydroxyl groups is 1. The van der Waals surface area contributed by atoms with Crippen LogP contribution in [0.2, 0.25) is 0 Å². The van der Waals surface area contributed by atoms with Crippen molar-refractivity contribution < 1.29 is 19.7 Å². The van der Waals surface area contributed by atoms with Gasteiger partial charge in [-0.3, -0.25) is 0 Å². The summed E-state index contributed by atoms with van der Waals surface area (Å²) in [5, 5.41) is 19.5. The second kappa shape index (κ2) is 5.01. The summed E-state index contributed by atoms with van der Waals surface area (Å²) in [6.45, 7) is 10.9. The number of fused-ring (bicyclic) bond motifs is 2. The van der Waals surface area contributed by atoms with Gasteiger partial charge in [-0.25, -0.2) is 4.79 Å². The molecule has 3 aliphatic rings. The molecule has 5 heteroatoms. The molecule has 1 atom stereocenters. The Kier molecular flexibility index (Phi) is 3.30. The van der Waals surface area contributed by atoms with Gasteiger partial charge in [-0.05, 0) is 41.4 Å². The molecule has 4 rings (SSSR count). The molecule has 2 N–H and O–H groups in total. The molecule has 5 nitrogen and oxygen atoms in total. The minimum absolute atomic E-state index is 0.0241. The van der Waals surface area contributed by atoms with Gasteiger partial charge in [0.15, 0.2) is 0 Å². The Bertz CT molecular complexity index is 804. The molecule has 0 fully saturated rings. The zero-order chi connectivity index (χ0) is 18.1. The Labute approximate surface area is 147 Å². The van der Waals surface area contributed by atoms with E-state index < -0.39 is 12.3 Å². The number of aliphatic carboxylic acids is 1. The van der Waals surface area contributed by atoms with Crippen molar-refractivity contribution >= 4 is 17.7 Å². The Morgan fingerprint density at radius 2 is 1.84 bits per heavy atom. The number of ether oxygens (including phenoxy) is 1. The first-order chi connectivity index (χ1) is 11.6. The number of aliphatic hydroxyl groups excluding tert-OH is 1. The molecule has 0 aromatic heterocycles. The van der Waals surface area contributed by atoms with Gasteiger partial charge in [0.25, 0.3) is 0 Å². The summed E-state index contributed by atoms with van der Waals surface area (Å²) in [6, 6.07) is 2.07. The summed E-state index contributed by atoms with van der Waals surface area (Å²) in [6.07, 6.45) is 2.22. The highest BCUT2D eigenvalue weighted by Crippen LogP contribution is 2.54. The molecule has 0 spiro atoms. The van der Waals surface area contributed by atoms with Crippen LogP contribution in [-0.4, -0.2) is 35.6 Å². The van der Waals surface area contributed by atoms with E-state index in [-0.39, 0.29) is 16.4 Å². The van der Waals surface area contributed by atoms with Crippen molar-refractivity contribution in [3.63, 3.8) is 0 Å². The summed E-state index contributed by atoms with van der Waals surface area (Å²) in [7, 11) is 0. The van der Waals surface area contributed by atoms with Gasteiger partial charge in [-0.15, -0.1) is 0 Å². The van der Waals surface area contributed by atoms with Crippen LogP contribution in [0.3, 0.4) is 0 Å². The SMILES string of the molecule is CC1(C)CCN2CCC(C)(C)c3c4c(cc1c32)C=C(C(=O)O)C(O)O4. The molecule has 1 aromatic carbocycles. The van der Waals surface area contributed by atoms with Crippen LogP contribution in [0.5, 0.6) is 5.75 Å². The molecule has 25 heavy (non-hydrogen) atoms. The van der Waals surface area contributed by atoms with Crippen molar-refractivity contribution in [1.82, 2.24) is 0 Å². The highest BCUT2D eigenvalue weighted by Gasteiger charge is 2.44. The fourth-order valence-corrected chi connectivity index (χ4v) is 4.39. The third kappa shape index (κ3) is 2.29. The average molecular weight is 343 g/mol. The molecule has 3 heterocycles. The number of benzene rings is 1. The van der Waals surface area contributed by atoms with Gasteiger partial charge in [0.1, 0.15) is 11.3 Å². The quantitative estimate of drug-likeness (QED) is 0.820. The lowest BCUT2D eigenvalue weighted by atomic mass is 9.68. The standard InChI is InChI=1S/C20H25NO4/c1-19(2)5-7-21-8-6-20(3,4)14-15(21)13(19)10-11-9-12(17(22)23)18(24)25-16(11)14/h9-10,18,24H,5-8H2,1-4H3,(H,22,23). The number of carbonyl (C=O) groups is 1. The van der Waals surface area contributed by atoms with Crippen LogP contribution in [0.15, 0.2) is 11.6 Å². The van der Waals surface area contributed by atoms with Crippen LogP contribution in [-0.2, 0) is 15.6 Å². The Morgan fingerprint density at radius 1 is 1.20 bits per heavy atom. The maximum atomic E-state index is 11.4. The molecule has 0 bridgehead atoms. The van der Waals surface area contributed by atoms with Crippen LogP contribution in [0.4, 0.5) is 5.69 Å². The summed E-state index contributed by atoms with van der Waals surface area (Å²) in [5.41, 5.74) is 4.18. The summed E-state index contributed by atoms with van der Waals surface area (Å²) in [4.78, 5) is 13.8. The van der Waals surface area contributed by atoms with Gasteiger partial charge in [0.2, 0.25) is 6.29 Å². The number of carboxylic acids is 1. The lowest BCUT2D eigenvalue weighted by Gasteiger charge is -2.49. The van der Waals surface area contributed by atoms with Crippen molar-refractivity contribution in [3.8, 4) is 5.75 Å². The zero-order valence-corrected chi connectivity index (χ0v) is 15.2. The minimum Gasteiger partial charge on any atom is -0.478 e. The molecular formula is C20H25NO4. The van der Waals surface area contributed by atoms with Gasteiger partial charge in [0, 0.05) is 29.9 Å². The first-order valence-corrected chi connectivity index (χ1v) is 8.88. The predicted molar refractivity (Wildman–Crippen MR) is 96.2 cm³/mol. The van der Waals surface area contributed by atoms with Crippen molar-refractivity contribution in [1.29, 1.82) is 0 Å². The second-order valence-corrected chi connectivity index (χ2v) is 8.70. The molecule has 0 aliphatic carbocycles. The highest BCUT2D eigenvalue weighted by molar-refractivity contribution is 5.95. The topological polar surface area (TPSA) is 70.0 Å². The highest BCUT2D eigenvalue weighted by atomic mass is 16.6. The van der Waals surface area contributed by atoms with Gasteiger partial charge in [-0.2, -0.15) is 0 Å². The third-order valence-corrected chi connectivity index (χ3v) is 6.07. The van der Waals surface area contributed by atoms with Gasteiger partial charge in [0.05, 0.1) is 0 Å². The van der Waals surface area contributed by atoms with E-state index in [0.29, 0.717) is 5.75 Å². The number of hydrogen-bond donors (Lipinski definition) is 2. The Balaban J connectivity index is 2.06. The van der Waals surface area contributed by atoms with E-state index >= 15 is 0 Å². The minimum atomic E-state index is -1.43. The van der Waals surface area contributed by atoms with Gasteiger partial charge < -0.3 is 19.8 Å². The maximum absolute atomic E-state index is 11.4. The van der Waals surface area contributed by atoms with E-state index in [2.05, 4.69) is 38.7 Å². The third-order valence-electron chi connectivity index (χ3n) is 6.07. The lowest BCUT2D eigenvalue weighted by molar-refractivity contribution is -0.135. The molecular weight excluding hydrogens is 318 g/mol. The molecule has 0 saturated heterocycles. The van der Waals surface area contributed by atoms with Crippen LogP contribution in [0, 0.1) is 0 Å². The predicted octanol–water partition coefficient (Wildman–Crippen LogP) is 3.03. The first kappa shape index (κ1) is 16.5. The molecule has 0 radical (unpaired) electrons. The number of anilines is 1. The van der Waals surface area contributed by atoms with Crippen LogP contribution >= 0.6 is 0 Å². The van der Waals surface area contributed by atoms with E-state index in [1.807, 2.05) is 0 Å². The van der Waals surface area contributed by atoms with Crippen LogP contribution in [0.1, 0.15) is 57.2 Å². The van der Waals surface area contributed by atoms with E-state index in [1.54, 1.807) is 6.08 Å². The largest absolute Gasteiger partial charge is 0.478 e. The Morgan fingerprint density at radius 3 is 2.48 bits per heavy atom. The first-order valence-electron chi connectivity index (χ1n) is 8.88. The monoisotopic (exact) mass is 343 g/mol. The molecule has 1 aromatic rings. The van der Waals surface area contributed by atoms with Crippen LogP contribution in [0.25, 0.3) is 6.08 Å². The van der Waals surface area contributed by atoms with E-state index in [9.17, 15) is 15.0 Å². The molecule has 1 unspecified atom stereocenters. The lowest BCUT2D eigenvalue weighted by Crippen LogP contribution is -2.45. The van der Waals surface area contributed by atoms with E-state index in [4.69, 9.17) is 4.74 Å². The fraction of sp³-hybridized carbons (Fsp3) is 0.550. The van der Waals surface area contributed by atoms with Gasteiger partial charge in [-0.1, -0.05) is 27.7 Å². The number of nitrogens with zero attached hydrogens (tertiary/aromatic N) is 1. The summed E-state index contributed by atoms with van der Waals surface area (Å²) in [5.74, 6) is -0.506. The second-order valence-electron chi connectivity index (χ2n) is 8.70. The number of rotatable bonds is 1. The maximum Gasteiger partial charge on any atom is 0.337 e. The van der Waals surface area contributed by atoms with E-state index in [1.165, 1.54) is 11.3 Å². The Hall–Kier alpha value is -2.01. The number of carboxylic acid groups (broad SMARTS) is 1. The van der Waals surface area contributed by atoms with Crippen LogP contribution < -0.4 is 9.64 Å². The molecule has 3 aliphatic heterocycles. The summed E-state index contributed by atoms with van der Waals surface area (Å²) >= 11 is 0. The fourth-order valence-electron chi connectivity index (χ4n) is 4.39. The average Bonchev–Trinajstić information content (AvgIpc) is 2.51. The molecule has 0 saturated carbocycles. The summed E-state index contributed by atoms with van der Waals surface area (Å²) < 4.78 is 5.76. The smallest absolute Gasteiger partial charge is 0.337 e. The van der Waals surface area contributed by atoms with Gasteiger partial charge >= 0.3 is 5.97 Å². The van der Waals surface area contributed by atoms with Crippen molar-refractivity contribution in [2.45, 2.75) is 57.7 Å². The van der Waals surface area contributed by atoms with Crippen molar-refractivity contribution in [2.75, 3.05) is 18.0 Å². The normalized spacial score (nSPS) is 25.4.